The molecular formula is C15H23N3O. The van der Waals surface area contributed by atoms with Crippen molar-refractivity contribution in [1.82, 2.24) is 5.32 Å². The van der Waals surface area contributed by atoms with Crippen molar-refractivity contribution in [3.63, 3.8) is 0 Å². The molecule has 19 heavy (non-hydrogen) atoms. The first-order chi connectivity index (χ1) is 9.04. The average Bonchev–Trinajstić information content (AvgIpc) is 2.49. The van der Waals surface area contributed by atoms with Crippen LogP contribution in [0.2, 0.25) is 0 Å². The highest BCUT2D eigenvalue weighted by Crippen LogP contribution is 2.28. The van der Waals surface area contributed by atoms with E-state index in [0.717, 1.165) is 18.8 Å². The molecule has 1 aromatic carbocycles. The van der Waals surface area contributed by atoms with Gasteiger partial charge in [-0.15, -0.1) is 0 Å². The Morgan fingerprint density at radius 3 is 2.58 bits per heavy atom. The highest BCUT2D eigenvalue weighted by Gasteiger charge is 2.30. The molecule has 1 aliphatic rings. The fourth-order valence-corrected chi connectivity index (χ4v) is 2.80. The van der Waals surface area contributed by atoms with Gasteiger partial charge in [0.05, 0.1) is 0 Å². The molecule has 3 N–H and O–H groups in total. The van der Waals surface area contributed by atoms with Crippen LogP contribution in [0.4, 0.5) is 5.69 Å². The van der Waals surface area contributed by atoms with E-state index >= 15 is 0 Å². The number of benzene rings is 1. The molecule has 1 amide bonds. The van der Waals surface area contributed by atoms with Gasteiger partial charge in [0.1, 0.15) is 6.04 Å². The smallest absolute Gasteiger partial charge is 0.244 e. The Morgan fingerprint density at radius 1 is 1.37 bits per heavy atom. The van der Waals surface area contributed by atoms with Crippen LogP contribution in [-0.2, 0) is 4.79 Å². The van der Waals surface area contributed by atoms with E-state index in [2.05, 4.69) is 43.1 Å². The molecule has 0 radical (unpaired) electrons. The van der Waals surface area contributed by atoms with Gasteiger partial charge in [-0.05, 0) is 30.9 Å². The van der Waals surface area contributed by atoms with Gasteiger partial charge in [-0.25, -0.2) is 0 Å². The van der Waals surface area contributed by atoms with Gasteiger partial charge >= 0.3 is 0 Å². The molecule has 0 aromatic heterocycles. The van der Waals surface area contributed by atoms with E-state index in [1.54, 1.807) is 0 Å². The lowest BCUT2D eigenvalue weighted by atomic mass is 10.0. The van der Waals surface area contributed by atoms with E-state index in [1.807, 2.05) is 6.07 Å². The molecule has 0 spiro atoms. The average molecular weight is 261 g/mol. The first-order valence-corrected chi connectivity index (χ1v) is 6.85. The number of carbonyl (C=O) groups is 1. The molecule has 1 fully saturated rings. The fraction of sp³-hybridized carbons (Fsp3) is 0.533. The lowest BCUT2D eigenvalue weighted by Gasteiger charge is -2.33. The van der Waals surface area contributed by atoms with Crippen molar-refractivity contribution in [3.8, 4) is 0 Å². The molecule has 0 aliphatic carbocycles. The normalized spacial score (nSPS) is 24.0. The molecule has 4 nitrogen and oxygen atoms in total. The molecule has 0 bridgehead atoms. The lowest BCUT2D eigenvalue weighted by Crippen LogP contribution is -2.49. The largest absolute Gasteiger partial charge is 0.358 e. The minimum absolute atomic E-state index is 0.0366. The van der Waals surface area contributed by atoms with Gasteiger partial charge < -0.3 is 16.0 Å². The summed E-state index contributed by atoms with van der Waals surface area (Å²) in [4.78, 5) is 14.3. The highest BCUT2D eigenvalue weighted by molar-refractivity contribution is 5.86. The number of nitrogens with zero attached hydrogens (tertiary/aromatic N) is 1. The fourth-order valence-electron chi connectivity index (χ4n) is 2.80. The third-order valence-corrected chi connectivity index (χ3v) is 3.76. The zero-order valence-electron chi connectivity index (χ0n) is 11.9. The maximum atomic E-state index is 12.2. The molecule has 1 aliphatic heterocycles. The van der Waals surface area contributed by atoms with Crippen LogP contribution in [0.15, 0.2) is 18.2 Å². The summed E-state index contributed by atoms with van der Waals surface area (Å²) in [7, 11) is 0. The summed E-state index contributed by atoms with van der Waals surface area (Å²) in [6.45, 7) is 8.24. The Labute approximate surface area is 115 Å². The second kappa shape index (κ2) is 5.61. The van der Waals surface area contributed by atoms with Crippen LogP contribution in [0.3, 0.4) is 0 Å². The summed E-state index contributed by atoms with van der Waals surface area (Å²) >= 11 is 0. The number of carbonyl (C=O) groups excluding carboxylic acids is 1. The Hall–Kier alpha value is -1.55. The quantitative estimate of drug-likeness (QED) is 0.841. The number of aryl methyl sites for hydroxylation is 2. The number of rotatable bonds is 2. The maximum absolute atomic E-state index is 12.2. The highest BCUT2D eigenvalue weighted by atomic mass is 16.2. The molecular weight excluding hydrogens is 238 g/mol. The maximum Gasteiger partial charge on any atom is 0.244 e. The molecule has 2 atom stereocenters. The molecule has 0 saturated carbocycles. The van der Waals surface area contributed by atoms with Crippen molar-refractivity contribution >= 4 is 11.6 Å². The Bertz CT molecular complexity index is 452. The van der Waals surface area contributed by atoms with Gasteiger partial charge in [-0.3, -0.25) is 4.79 Å². The van der Waals surface area contributed by atoms with Gasteiger partial charge in [0, 0.05) is 25.3 Å². The van der Waals surface area contributed by atoms with Crippen LogP contribution in [-0.4, -0.2) is 31.6 Å². The number of nitrogens with two attached hydrogens (primary N) is 1. The third kappa shape index (κ3) is 2.73. The van der Waals surface area contributed by atoms with Crippen LogP contribution in [0.1, 0.15) is 18.1 Å². The Kier molecular flexibility index (Phi) is 4.10. The van der Waals surface area contributed by atoms with Gasteiger partial charge in [0.2, 0.25) is 5.91 Å². The number of amides is 1. The van der Waals surface area contributed by atoms with Crippen molar-refractivity contribution in [3.05, 3.63) is 29.3 Å². The molecule has 1 aromatic rings. The summed E-state index contributed by atoms with van der Waals surface area (Å²) in [6.07, 6.45) is 0. The van der Waals surface area contributed by atoms with Crippen molar-refractivity contribution in [2.75, 3.05) is 24.5 Å². The van der Waals surface area contributed by atoms with E-state index in [1.165, 1.54) is 11.1 Å². The Balaban J connectivity index is 2.46. The summed E-state index contributed by atoms with van der Waals surface area (Å²) in [5.41, 5.74) is 9.38. The molecule has 4 heteroatoms. The number of hydrogen-bond donors (Lipinski definition) is 2. The monoisotopic (exact) mass is 261 g/mol. The second-order valence-electron chi connectivity index (χ2n) is 5.49. The van der Waals surface area contributed by atoms with Crippen LogP contribution >= 0.6 is 0 Å². The first kappa shape index (κ1) is 13.9. The van der Waals surface area contributed by atoms with Crippen molar-refractivity contribution < 1.29 is 4.79 Å². The van der Waals surface area contributed by atoms with Crippen molar-refractivity contribution in [1.29, 1.82) is 0 Å². The van der Waals surface area contributed by atoms with E-state index in [-0.39, 0.29) is 11.9 Å². The Morgan fingerprint density at radius 2 is 2.00 bits per heavy atom. The minimum Gasteiger partial charge on any atom is -0.358 e. The van der Waals surface area contributed by atoms with E-state index in [0.29, 0.717) is 12.5 Å². The van der Waals surface area contributed by atoms with Gasteiger partial charge in [-0.1, -0.05) is 25.1 Å². The predicted molar refractivity (Wildman–Crippen MR) is 78.3 cm³/mol. The van der Waals surface area contributed by atoms with Crippen LogP contribution < -0.4 is 16.0 Å². The SMILES string of the molecule is Cc1cccc(C)c1N1CC(C)CNC(=O)C1CN. The number of para-hydroxylation sites is 1. The van der Waals surface area contributed by atoms with Crippen LogP contribution in [0.25, 0.3) is 0 Å². The standard InChI is InChI=1S/C15H23N3O/c1-10-8-17-15(19)13(7-16)18(9-10)14-11(2)5-4-6-12(14)3/h4-6,10,13H,7-9,16H2,1-3H3,(H,17,19). The first-order valence-electron chi connectivity index (χ1n) is 6.85. The van der Waals surface area contributed by atoms with E-state index in [9.17, 15) is 4.79 Å². The predicted octanol–water partition coefficient (Wildman–Crippen LogP) is 1.20. The minimum atomic E-state index is -0.273. The van der Waals surface area contributed by atoms with Crippen molar-refractivity contribution in [2.45, 2.75) is 26.8 Å². The second-order valence-corrected chi connectivity index (χ2v) is 5.49. The summed E-state index contributed by atoms with van der Waals surface area (Å²) in [5.74, 6) is 0.453. The molecule has 104 valence electrons. The lowest BCUT2D eigenvalue weighted by molar-refractivity contribution is -0.121. The van der Waals surface area contributed by atoms with Crippen molar-refractivity contribution in [2.24, 2.45) is 11.7 Å². The molecule has 2 rings (SSSR count). The van der Waals surface area contributed by atoms with Gasteiger partial charge in [0.15, 0.2) is 0 Å². The molecule has 1 saturated heterocycles. The third-order valence-electron chi connectivity index (χ3n) is 3.76. The summed E-state index contributed by atoms with van der Waals surface area (Å²) < 4.78 is 0. The number of anilines is 1. The zero-order valence-corrected chi connectivity index (χ0v) is 11.9. The molecule has 1 heterocycles. The molecule has 2 unspecified atom stereocenters. The number of hydrogen-bond acceptors (Lipinski definition) is 3. The van der Waals surface area contributed by atoms with E-state index < -0.39 is 0 Å². The topological polar surface area (TPSA) is 58.4 Å². The van der Waals surface area contributed by atoms with Crippen LogP contribution in [0.5, 0.6) is 0 Å². The zero-order chi connectivity index (χ0) is 14.0. The van der Waals surface area contributed by atoms with Gasteiger partial charge in [0.25, 0.3) is 0 Å². The van der Waals surface area contributed by atoms with Gasteiger partial charge in [-0.2, -0.15) is 0 Å². The van der Waals surface area contributed by atoms with E-state index in [4.69, 9.17) is 5.73 Å². The summed E-state index contributed by atoms with van der Waals surface area (Å²) in [6, 6.07) is 5.95. The van der Waals surface area contributed by atoms with Crippen LogP contribution in [0, 0.1) is 19.8 Å². The summed E-state index contributed by atoms with van der Waals surface area (Å²) in [5, 5.41) is 2.97. The number of nitrogens with one attached hydrogen (secondary N) is 1.